The van der Waals surface area contributed by atoms with E-state index in [0.29, 0.717) is 0 Å². The van der Waals surface area contributed by atoms with Crippen LogP contribution < -0.4 is 4.74 Å². The Morgan fingerprint density at radius 3 is 2.48 bits per heavy atom. The smallest absolute Gasteiger partial charge is 0.322 e. The number of hydrogen-bond acceptors (Lipinski definition) is 5. The third kappa shape index (κ3) is 5.98. The highest BCUT2D eigenvalue weighted by Gasteiger charge is 2.13. The molecule has 25 heavy (non-hydrogen) atoms. The van der Waals surface area contributed by atoms with Crippen LogP contribution in [0.1, 0.15) is 16.7 Å². The van der Waals surface area contributed by atoms with Crippen LogP contribution in [0.4, 0.5) is 0 Å². The monoisotopic (exact) mass is 455 g/mol. The number of benzene rings is 2. The number of aryl methyl sites for hydroxylation is 1. The number of carbonyl (C=O) groups is 1. The van der Waals surface area contributed by atoms with Gasteiger partial charge in [0.15, 0.2) is 0 Å². The second kappa shape index (κ2) is 9.74. The zero-order valence-electron chi connectivity index (χ0n) is 14.4. The van der Waals surface area contributed by atoms with Crippen LogP contribution in [0.2, 0.25) is 0 Å². The Hall–Kier alpha value is -1.64. The van der Waals surface area contributed by atoms with Crippen molar-refractivity contribution in [3.05, 3.63) is 62.7 Å². The predicted molar refractivity (Wildman–Crippen MR) is 104 cm³/mol. The van der Waals surface area contributed by atoms with Crippen molar-refractivity contribution in [1.29, 1.82) is 0 Å². The van der Waals surface area contributed by atoms with E-state index in [1.165, 1.54) is 18.2 Å². The fraction of sp³-hybridized carbons (Fsp3) is 0.316. The number of nitrogens with zero attached hydrogens (tertiary/aromatic N) is 1. The lowest BCUT2D eigenvalue weighted by molar-refractivity contribution is -0.158. The maximum Gasteiger partial charge on any atom is 0.322 e. The minimum atomic E-state index is -0.465. The van der Waals surface area contributed by atoms with E-state index in [0.717, 1.165) is 32.8 Å². The molecule has 0 spiro atoms. The van der Waals surface area contributed by atoms with Gasteiger partial charge in [-0.25, -0.2) is 0 Å². The first kappa shape index (κ1) is 19.7. The third-order valence-corrected chi connectivity index (χ3v) is 4.94. The Bertz CT molecular complexity index is 703. The molecule has 0 aromatic heterocycles. The largest absolute Gasteiger partial charge is 0.497 e. The Morgan fingerprint density at radius 1 is 1.12 bits per heavy atom. The van der Waals surface area contributed by atoms with Gasteiger partial charge in [-0.2, -0.15) is 5.06 Å². The molecule has 6 heteroatoms. The maximum absolute atomic E-state index is 11.3. The zero-order valence-corrected chi connectivity index (χ0v) is 16.5. The van der Waals surface area contributed by atoms with Gasteiger partial charge >= 0.3 is 5.97 Å². The van der Waals surface area contributed by atoms with Crippen LogP contribution >= 0.6 is 22.6 Å². The summed E-state index contributed by atoms with van der Waals surface area (Å²) in [7, 11) is 2.96. The molecule has 0 bridgehead atoms. The molecule has 0 aliphatic carbocycles. The van der Waals surface area contributed by atoms with E-state index >= 15 is 0 Å². The third-order valence-electron chi connectivity index (χ3n) is 3.93. The second-order valence-electron chi connectivity index (χ2n) is 5.62. The summed E-state index contributed by atoms with van der Waals surface area (Å²) in [5.41, 5.74) is 3.41. The molecule has 0 aliphatic rings. The highest BCUT2D eigenvalue weighted by atomic mass is 127. The van der Waals surface area contributed by atoms with Crippen LogP contribution in [0.25, 0.3) is 0 Å². The molecule has 2 aromatic carbocycles. The first-order valence-electron chi connectivity index (χ1n) is 7.93. The summed E-state index contributed by atoms with van der Waals surface area (Å²) in [5, 5.41) is 11.0. The average Bonchev–Trinajstić information content (AvgIpc) is 2.61. The van der Waals surface area contributed by atoms with Gasteiger partial charge in [-0.15, -0.1) is 0 Å². The van der Waals surface area contributed by atoms with Crippen molar-refractivity contribution < 1.29 is 19.5 Å². The molecule has 0 radical (unpaired) electrons. The van der Waals surface area contributed by atoms with E-state index < -0.39 is 5.97 Å². The molecule has 0 aliphatic heterocycles. The van der Waals surface area contributed by atoms with Crippen LogP contribution in [0, 0.1) is 3.57 Å². The number of ether oxygens (including phenoxy) is 2. The van der Waals surface area contributed by atoms with Gasteiger partial charge in [-0.1, -0.05) is 24.3 Å². The van der Waals surface area contributed by atoms with E-state index in [1.807, 2.05) is 24.3 Å². The quantitative estimate of drug-likeness (QED) is 0.376. The zero-order chi connectivity index (χ0) is 18.2. The van der Waals surface area contributed by atoms with E-state index in [4.69, 9.17) is 4.74 Å². The van der Waals surface area contributed by atoms with Crippen molar-refractivity contribution in [3.63, 3.8) is 0 Å². The molecule has 1 N–H and O–H groups in total. The minimum Gasteiger partial charge on any atom is -0.497 e. The first-order valence-corrected chi connectivity index (χ1v) is 9.01. The Labute approximate surface area is 161 Å². The van der Waals surface area contributed by atoms with Crippen LogP contribution in [-0.4, -0.2) is 37.0 Å². The van der Waals surface area contributed by atoms with Crippen LogP contribution in [0.15, 0.2) is 42.5 Å². The van der Waals surface area contributed by atoms with E-state index in [9.17, 15) is 10.0 Å². The van der Waals surface area contributed by atoms with E-state index in [2.05, 4.69) is 45.5 Å². The fourth-order valence-corrected chi connectivity index (χ4v) is 3.38. The number of methoxy groups -OCH3 is 2. The predicted octanol–water partition coefficient (Wildman–Crippen LogP) is 3.45. The van der Waals surface area contributed by atoms with E-state index in [1.54, 1.807) is 7.11 Å². The molecule has 0 saturated carbocycles. The Morgan fingerprint density at radius 2 is 1.84 bits per heavy atom. The summed E-state index contributed by atoms with van der Waals surface area (Å²) >= 11 is 2.31. The summed E-state index contributed by atoms with van der Waals surface area (Å²) in [4.78, 5) is 11.3. The summed E-state index contributed by atoms with van der Waals surface area (Å²) < 4.78 is 10.9. The summed E-state index contributed by atoms with van der Waals surface area (Å²) in [6.45, 7) is 0.129. The molecular formula is C19H22INO4. The molecule has 0 unspecified atom stereocenters. The number of carbonyl (C=O) groups excluding carboxylic acids is 1. The van der Waals surface area contributed by atoms with Crippen LogP contribution in [0.3, 0.4) is 0 Å². The van der Waals surface area contributed by atoms with Gasteiger partial charge in [0, 0.05) is 10.1 Å². The highest BCUT2D eigenvalue weighted by molar-refractivity contribution is 14.1. The van der Waals surface area contributed by atoms with E-state index in [-0.39, 0.29) is 13.1 Å². The molecule has 5 nitrogen and oxygen atoms in total. The SMILES string of the molecule is COC(=O)CN(O)Cc1cccc(I)c1CCc1ccc(OC)cc1. The molecule has 2 rings (SSSR count). The molecule has 0 saturated heterocycles. The molecule has 2 aromatic rings. The lowest BCUT2D eigenvalue weighted by Gasteiger charge is -2.17. The lowest BCUT2D eigenvalue weighted by Crippen LogP contribution is -2.27. The van der Waals surface area contributed by atoms with Crippen molar-refractivity contribution >= 4 is 28.6 Å². The molecule has 0 atom stereocenters. The van der Waals surface area contributed by atoms with Crippen molar-refractivity contribution in [3.8, 4) is 5.75 Å². The Kier molecular flexibility index (Phi) is 7.67. The van der Waals surface area contributed by atoms with Crippen molar-refractivity contribution in [2.75, 3.05) is 20.8 Å². The van der Waals surface area contributed by atoms with Gasteiger partial charge in [0.2, 0.25) is 0 Å². The van der Waals surface area contributed by atoms with Crippen LogP contribution in [-0.2, 0) is 28.9 Å². The first-order chi connectivity index (χ1) is 12.0. The lowest BCUT2D eigenvalue weighted by atomic mass is 9.99. The van der Waals surface area contributed by atoms with Crippen molar-refractivity contribution in [1.82, 2.24) is 5.06 Å². The van der Waals surface area contributed by atoms with Crippen LogP contribution in [0.5, 0.6) is 5.75 Å². The molecule has 0 amide bonds. The topological polar surface area (TPSA) is 59.0 Å². The number of esters is 1. The number of hydroxylamine groups is 2. The van der Waals surface area contributed by atoms with Gasteiger partial charge in [-0.3, -0.25) is 4.79 Å². The number of hydrogen-bond donors (Lipinski definition) is 1. The van der Waals surface area contributed by atoms with Gasteiger partial charge in [0.1, 0.15) is 12.3 Å². The average molecular weight is 455 g/mol. The maximum atomic E-state index is 11.3. The molecule has 0 fully saturated rings. The number of rotatable bonds is 8. The van der Waals surface area contributed by atoms with Crippen molar-refractivity contribution in [2.24, 2.45) is 0 Å². The fourth-order valence-electron chi connectivity index (χ4n) is 2.56. The summed E-state index contributed by atoms with van der Waals surface area (Å²) in [6.07, 6.45) is 1.74. The van der Waals surface area contributed by atoms with Gasteiger partial charge in [0.25, 0.3) is 0 Å². The highest BCUT2D eigenvalue weighted by Crippen LogP contribution is 2.21. The second-order valence-corrected chi connectivity index (χ2v) is 6.79. The van der Waals surface area contributed by atoms with Gasteiger partial charge in [0.05, 0.1) is 14.2 Å². The molecule has 134 valence electrons. The number of halogens is 1. The van der Waals surface area contributed by atoms with Crippen molar-refractivity contribution in [2.45, 2.75) is 19.4 Å². The van der Waals surface area contributed by atoms with Gasteiger partial charge < -0.3 is 14.7 Å². The molecular weight excluding hydrogens is 433 g/mol. The summed E-state index contributed by atoms with van der Waals surface area (Å²) in [5.74, 6) is 0.380. The minimum absolute atomic E-state index is 0.153. The normalized spacial score (nSPS) is 10.8. The Balaban J connectivity index is 2.07. The van der Waals surface area contributed by atoms with Gasteiger partial charge in [-0.05, 0) is 70.3 Å². The summed E-state index contributed by atoms with van der Waals surface area (Å²) in [6, 6.07) is 14.0. The standard InChI is InChI=1S/C19H22INO4/c1-24-16-9-6-14(7-10-16)8-11-17-15(4-3-5-18(17)20)12-21(23)13-19(22)25-2/h3-7,9-10,23H,8,11-13H2,1-2H3. The molecule has 0 heterocycles.